The number of rotatable bonds is 5. The summed E-state index contributed by atoms with van der Waals surface area (Å²) in [6.07, 6.45) is -0.0613. The van der Waals surface area contributed by atoms with Crippen LogP contribution in [0.25, 0.3) is 0 Å². The van der Waals surface area contributed by atoms with Crippen LogP contribution in [0.3, 0.4) is 0 Å². The topological polar surface area (TPSA) is 86.5 Å². The van der Waals surface area contributed by atoms with Crippen LogP contribution in [0.5, 0.6) is 5.75 Å². The van der Waals surface area contributed by atoms with Crippen molar-refractivity contribution < 1.29 is 17.9 Å². The third kappa shape index (κ3) is 4.31. The summed E-state index contributed by atoms with van der Waals surface area (Å²) in [4.78, 5) is 10.3. The number of hydrogen-bond acceptors (Lipinski definition) is 4. The molecule has 0 aliphatic heterocycles. The lowest BCUT2D eigenvalue weighted by molar-refractivity contribution is -0.118. The first kappa shape index (κ1) is 15.6. The second kappa shape index (κ2) is 6.10. The van der Waals surface area contributed by atoms with Gasteiger partial charge in [-0.05, 0) is 12.1 Å². The molecule has 2 N–H and O–H groups in total. The SMILES string of the molecule is NC(=O)CCOc1c(Cl)cc(Br)cc1S(=O)(=O)Cl. The fraction of sp³-hybridized carbons (Fsp3) is 0.222. The summed E-state index contributed by atoms with van der Waals surface area (Å²) in [5.74, 6) is -0.672. The van der Waals surface area contributed by atoms with Crippen molar-refractivity contribution in [3.05, 3.63) is 21.6 Å². The van der Waals surface area contributed by atoms with Crippen molar-refractivity contribution in [2.75, 3.05) is 6.61 Å². The maximum absolute atomic E-state index is 11.4. The quantitative estimate of drug-likeness (QED) is 0.798. The molecule has 1 amide bonds. The fourth-order valence-corrected chi connectivity index (χ4v) is 3.18. The van der Waals surface area contributed by atoms with E-state index in [1.165, 1.54) is 12.1 Å². The number of hydrogen-bond donors (Lipinski definition) is 1. The lowest BCUT2D eigenvalue weighted by atomic mass is 10.3. The molecular weight excluding hydrogens is 369 g/mol. The van der Waals surface area contributed by atoms with Crippen LogP contribution in [-0.4, -0.2) is 20.9 Å². The number of ether oxygens (including phenoxy) is 1. The molecule has 0 saturated heterocycles. The minimum Gasteiger partial charge on any atom is -0.490 e. The summed E-state index contributed by atoms with van der Waals surface area (Å²) in [6, 6.07) is 2.71. The average molecular weight is 377 g/mol. The molecule has 0 fully saturated rings. The Morgan fingerprint density at radius 1 is 1.44 bits per heavy atom. The van der Waals surface area contributed by atoms with Crippen LogP contribution in [-0.2, 0) is 13.8 Å². The Hall–Kier alpha value is -0.500. The fourth-order valence-electron chi connectivity index (χ4n) is 1.11. The number of carbonyl (C=O) groups excluding carboxylic acids is 1. The summed E-state index contributed by atoms with van der Waals surface area (Å²) in [7, 11) is 1.26. The van der Waals surface area contributed by atoms with Gasteiger partial charge in [0.05, 0.1) is 18.1 Å². The largest absolute Gasteiger partial charge is 0.490 e. The van der Waals surface area contributed by atoms with Crippen molar-refractivity contribution in [2.45, 2.75) is 11.3 Å². The number of carbonyl (C=O) groups is 1. The molecule has 0 atom stereocenters. The van der Waals surface area contributed by atoms with Crippen LogP contribution < -0.4 is 10.5 Å². The Balaban J connectivity index is 3.13. The molecule has 0 saturated carbocycles. The van der Waals surface area contributed by atoms with Gasteiger partial charge in [0.2, 0.25) is 5.91 Å². The number of halogens is 3. The molecule has 0 heterocycles. The van der Waals surface area contributed by atoms with Crippen molar-refractivity contribution in [3.8, 4) is 5.75 Å². The van der Waals surface area contributed by atoms with Gasteiger partial charge in [0.1, 0.15) is 4.90 Å². The Bertz CT molecular complexity index is 576. The molecule has 0 aliphatic rings. The third-order valence-electron chi connectivity index (χ3n) is 1.83. The van der Waals surface area contributed by atoms with E-state index in [9.17, 15) is 13.2 Å². The van der Waals surface area contributed by atoms with Gasteiger partial charge in [0, 0.05) is 15.2 Å². The van der Waals surface area contributed by atoms with E-state index < -0.39 is 15.0 Å². The first-order valence-corrected chi connectivity index (χ1v) is 8.04. The van der Waals surface area contributed by atoms with Gasteiger partial charge < -0.3 is 10.5 Å². The highest BCUT2D eigenvalue weighted by atomic mass is 79.9. The molecule has 5 nitrogen and oxygen atoms in total. The molecule has 1 aromatic rings. The van der Waals surface area contributed by atoms with Gasteiger partial charge in [0.15, 0.2) is 5.75 Å². The van der Waals surface area contributed by atoms with E-state index in [1.54, 1.807) is 0 Å². The second-order valence-corrected chi connectivity index (χ2v) is 7.07. The van der Waals surface area contributed by atoms with Crippen LogP contribution >= 0.6 is 38.2 Å². The Kier molecular flexibility index (Phi) is 5.27. The molecule has 0 unspecified atom stereocenters. The number of amides is 1. The maximum Gasteiger partial charge on any atom is 0.265 e. The summed E-state index contributed by atoms with van der Waals surface area (Å²) in [5.41, 5.74) is 4.94. The van der Waals surface area contributed by atoms with E-state index in [4.69, 9.17) is 32.8 Å². The highest BCUT2D eigenvalue weighted by Crippen LogP contribution is 2.37. The van der Waals surface area contributed by atoms with Crippen LogP contribution in [0.1, 0.15) is 6.42 Å². The standard InChI is InChI=1S/C9H8BrCl2NO4S/c10-5-3-6(11)9(17-2-1-8(13)14)7(4-5)18(12,15)16/h3-4H,1-2H2,(H2,13,14). The lowest BCUT2D eigenvalue weighted by Gasteiger charge is -2.11. The zero-order chi connectivity index (χ0) is 13.9. The van der Waals surface area contributed by atoms with Crippen molar-refractivity contribution in [1.29, 1.82) is 0 Å². The minimum absolute atomic E-state index is 0.0613. The first-order chi connectivity index (χ1) is 8.21. The summed E-state index contributed by atoms with van der Waals surface area (Å²) in [6.45, 7) is -0.0872. The van der Waals surface area contributed by atoms with Crippen molar-refractivity contribution in [1.82, 2.24) is 0 Å². The predicted molar refractivity (Wildman–Crippen MR) is 71.5 cm³/mol. The van der Waals surface area contributed by atoms with Crippen molar-refractivity contribution in [2.24, 2.45) is 5.73 Å². The normalized spacial score (nSPS) is 11.3. The van der Waals surface area contributed by atoms with Crippen molar-refractivity contribution in [3.63, 3.8) is 0 Å². The summed E-state index contributed by atoms with van der Waals surface area (Å²) in [5, 5.41) is 0.0630. The molecule has 9 heteroatoms. The van der Waals surface area contributed by atoms with E-state index in [0.717, 1.165) is 0 Å². The predicted octanol–water partition coefficient (Wildman–Crippen LogP) is 2.28. The molecule has 18 heavy (non-hydrogen) atoms. The molecule has 0 radical (unpaired) electrons. The Labute approximate surface area is 122 Å². The van der Waals surface area contributed by atoms with Gasteiger partial charge in [-0.1, -0.05) is 27.5 Å². The number of benzene rings is 1. The molecule has 0 spiro atoms. The van der Waals surface area contributed by atoms with E-state index in [1.807, 2.05) is 0 Å². The molecule has 1 aromatic carbocycles. The molecule has 1 rings (SSSR count). The smallest absolute Gasteiger partial charge is 0.265 e. The molecule has 0 bridgehead atoms. The average Bonchev–Trinajstić information content (AvgIpc) is 2.18. The first-order valence-electron chi connectivity index (χ1n) is 4.56. The van der Waals surface area contributed by atoms with Gasteiger partial charge in [-0.15, -0.1) is 0 Å². The molecular formula is C9H8BrCl2NO4S. The summed E-state index contributed by atoms with van der Waals surface area (Å²) < 4.78 is 28.3. The van der Waals surface area contributed by atoms with Gasteiger partial charge in [-0.25, -0.2) is 8.42 Å². The highest BCUT2D eigenvalue weighted by Gasteiger charge is 2.21. The monoisotopic (exact) mass is 375 g/mol. The van der Waals surface area contributed by atoms with Gasteiger partial charge in [-0.3, -0.25) is 4.79 Å². The Morgan fingerprint density at radius 3 is 2.56 bits per heavy atom. The third-order valence-corrected chi connectivity index (χ3v) is 3.90. The lowest BCUT2D eigenvalue weighted by Crippen LogP contribution is -2.15. The zero-order valence-electron chi connectivity index (χ0n) is 8.82. The van der Waals surface area contributed by atoms with Crippen LogP contribution in [0.15, 0.2) is 21.5 Å². The van der Waals surface area contributed by atoms with Crippen LogP contribution in [0, 0.1) is 0 Å². The second-order valence-electron chi connectivity index (χ2n) is 3.22. The van der Waals surface area contributed by atoms with E-state index in [0.29, 0.717) is 4.47 Å². The molecule has 0 aliphatic carbocycles. The maximum atomic E-state index is 11.4. The van der Waals surface area contributed by atoms with Gasteiger partial charge in [0.25, 0.3) is 9.05 Å². The molecule has 100 valence electrons. The van der Waals surface area contributed by atoms with Crippen LogP contribution in [0.2, 0.25) is 5.02 Å². The highest BCUT2D eigenvalue weighted by molar-refractivity contribution is 9.10. The Morgan fingerprint density at radius 2 is 2.06 bits per heavy atom. The zero-order valence-corrected chi connectivity index (χ0v) is 12.7. The number of primary amides is 1. The summed E-state index contributed by atoms with van der Waals surface area (Å²) >= 11 is 8.96. The van der Waals surface area contributed by atoms with Gasteiger partial charge >= 0.3 is 0 Å². The van der Waals surface area contributed by atoms with E-state index in [-0.39, 0.29) is 28.7 Å². The molecule has 0 aromatic heterocycles. The van der Waals surface area contributed by atoms with Gasteiger partial charge in [-0.2, -0.15) is 0 Å². The van der Waals surface area contributed by atoms with E-state index in [2.05, 4.69) is 15.9 Å². The van der Waals surface area contributed by atoms with Crippen molar-refractivity contribution >= 4 is 53.2 Å². The number of nitrogens with two attached hydrogens (primary N) is 1. The van der Waals surface area contributed by atoms with E-state index >= 15 is 0 Å². The minimum atomic E-state index is -4.01. The van der Waals surface area contributed by atoms with Crippen LogP contribution in [0.4, 0.5) is 0 Å².